The predicted molar refractivity (Wildman–Crippen MR) is 125 cm³/mol. The van der Waals surface area contributed by atoms with Gasteiger partial charge in [0.15, 0.2) is 6.61 Å². The number of pyridine rings is 1. The van der Waals surface area contributed by atoms with E-state index in [9.17, 15) is 9.59 Å². The molecule has 0 fully saturated rings. The van der Waals surface area contributed by atoms with Crippen molar-refractivity contribution in [2.75, 3.05) is 18.5 Å². The van der Waals surface area contributed by atoms with Gasteiger partial charge in [-0.05, 0) is 55.5 Å². The Kier molecular flexibility index (Phi) is 6.75. The summed E-state index contributed by atoms with van der Waals surface area (Å²) in [5.41, 5.74) is 3.13. The standard InChI is InChI=1S/C25H23N5O3/c1-2-27-23(31)17-33-21-12-10-19(11-13-21)28-25(32)22-16-30(20-8-4-3-5-9-20)29-24(22)18-7-6-14-26-15-18/h3-16H,2,17H2,1H3,(H,27,31)(H,28,32). The Morgan fingerprint density at radius 3 is 2.48 bits per heavy atom. The number of rotatable bonds is 8. The summed E-state index contributed by atoms with van der Waals surface area (Å²) in [6, 6.07) is 20.1. The molecule has 0 spiro atoms. The van der Waals surface area contributed by atoms with Crippen LogP contribution in [-0.4, -0.2) is 39.7 Å². The first-order valence-corrected chi connectivity index (χ1v) is 10.5. The molecule has 0 atom stereocenters. The molecule has 8 nitrogen and oxygen atoms in total. The zero-order chi connectivity index (χ0) is 23.0. The van der Waals surface area contributed by atoms with E-state index in [4.69, 9.17) is 4.74 Å². The molecule has 0 aliphatic rings. The molecule has 4 rings (SSSR count). The highest BCUT2D eigenvalue weighted by atomic mass is 16.5. The van der Waals surface area contributed by atoms with Gasteiger partial charge in [0.05, 0.1) is 11.3 Å². The second-order valence-electron chi connectivity index (χ2n) is 7.13. The van der Waals surface area contributed by atoms with E-state index in [1.54, 1.807) is 53.6 Å². The first-order chi connectivity index (χ1) is 16.1. The molecule has 0 unspecified atom stereocenters. The fraction of sp³-hybridized carbons (Fsp3) is 0.120. The highest BCUT2D eigenvalue weighted by Crippen LogP contribution is 2.24. The van der Waals surface area contributed by atoms with E-state index in [0.717, 1.165) is 11.3 Å². The van der Waals surface area contributed by atoms with Crippen LogP contribution in [-0.2, 0) is 4.79 Å². The minimum Gasteiger partial charge on any atom is -0.484 e. The third-order valence-electron chi connectivity index (χ3n) is 4.77. The van der Waals surface area contributed by atoms with Crippen molar-refractivity contribution >= 4 is 17.5 Å². The number of nitrogens with one attached hydrogen (secondary N) is 2. The molecule has 0 aliphatic heterocycles. The predicted octanol–water partition coefficient (Wildman–Crippen LogP) is 3.70. The largest absolute Gasteiger partial charge is 0.484 e. The molecule has 0 bridgehead atoms. The van der Waals surface area contributed by atoms with Crippen LogP contribution in [0.15, 0.2) is 85.3 Å². The number of aromatic nitrogens is 3. The second-order valence-corrected chi connectivity index (χ2v) is 7.13. The van der Waals surface area contributed by atoms with E-state index < -0.39 is 0 Å². The summed E-state index contributed by atoms with van der Waals surface area (Å²) in [5, 5.41) is 10.2. The lowest BCUT2D eigenvalue weighted by molar-refractivity contribution is -0.122. The molecule has 0 saturated carbocycles. The van der Waals surface area contributed by atoms with Crippen molar-refractivity contribution in [1.29, 1.82) is 0 Å². The van der Waals surface area contributed by atoms with Gasteiger partial charge in [-0.1, -0.05) is 18.2 Å². The van der Waals surface area contributed by atoms with Gasteiger partial charge in [-0.3, -0.25) is 14.6 Å². The summed E-state index contributed by atoms with van der Waals surface area (Å²) in [6.45, 7) is 2.33. The summed E-state index contributed by atoms with van der Waals surface area (Å²) in [6.07, 6.45) is 5.05. The lowest BCUT2D eigenvalue weighted by Gasteiger charge is -2.08. The van der Waals surface area contributed by atoms with Crippen molar-refractivity contribution in [1.82, 2.24) is 20.1 Å². The van der Waals surface area contributed by atoms with Crippen molar-refractivity contribution in [3.63, 3.8) is 0 Å². The van der Waals surface area contributed by atoms with Crippen molar-refractivity contribution in [3.8, 4) is 22.7 Å². The maximum absolute atomic E-state index is 13.2. The monoisotopic (exact) mass is 441 g/mol. The van der Waals surface area contributed by atoms with Gasteiger partial charge in [0.2, 0.25) is 0 Å². The van der Waals surface area contributed by atoms with E-state index >= 15 is 0 Å². The molecule has 2 heterocycles. The van der Waals surface area contributed by atoms with Gasteiger partial charge in [0.1, 0.15) is 11.4 Å². The van der Waals surface area contributed by atoms with Crippen LogP contribution in [0.5, 0.6) is 5.75 Å². The number of likely N-dealkylation sites (N-methyl/N-ethyl adjacent to an activating group) is 1. The van der Waals surface area contributed by atoms with E-state index in [-0.39, 0.29) is 18.4 Å². The Bertz CT molecular complexity index is 1220. The van der Waals surface area contributed by atoms with Crippen LogP contribution < -0.4 is 15.4 Å². The third kappa shape index (κ3) is 5.43. The Morgan fingerprint density at radius 1 is 1.00 bits per heavy atom. The summed E-state index contributed by atoms with van der Waals surface area (Å²) in [4.78, 5) is 28.8. The third-order valence-corrected chi connectivity index (χ3v) is 4.77. The maximum Gasteiger partial charge on any atom is 0.259 e. The van der Waals surface area contributed by atoms with Gasteiger partial charge in [0.25, 0.3) is 11.8 Å². The molecule has 0 saturated heterocycles. The van der Waals surface area contributed by atoms with Gasteiger partial charge < -0.3 is 15.4 Å². The minimum absolute atomic E-state index is 0.0628. The lowest BCUT2D eigenvalue weighted by Crippen LogP contribution is -2.28. The Balaban J connectivity index is 1.54. The molecule has 2 N–H and O–H groups in total. The number of carbonyl (C=O) groups is 2. The lowest BCUT2D eigenvalue weighted by atomic mass is 10.1. The van der Waals surface area contributed by atoms with Gasteiger partial charge in [-0.25, -0.2) is 4.68 Å². The number of benzene rings is 2. The Labute approximate surface area is 191 Å². The first-order valence-electron chi connectivity index (χ1n) is 10.5. The Morgan fingerprint density at radius 2 is 1.79 bits per heavy atom. The van der Waals surface area contributed by atoms with E-state index in [2.05, 4.69) is 20.7 Å². The molecule has 2 amide bonds. The number of anilines is 1. The van der Waals surface area contributed by atoms with Crippen molar-refractivity contribution < 1.29 is 14.3 Å². The zero-order valence-electron chi connectivity index (χ0n) is 18.1. The number of hydrogen-bond acceptors (Lipinski definition) is 5. The maximum atomic E-state index is 13.2. The average Bonchev–Trinajstić information content (AvgIpc) is 3.31. The topological polar surface area (TPSA) is 98.1 Å². The molecule has 2 aromatic carbocycles. The molecular formula is C25H23N5O3. The van der Waals surface area contributed by atoms with Crippen LogP contribution in [0.3, 0.4) is 0 Å². The molecule has 4 aromatic rings. The van der Waals surface area contributed by atoms with Gasteiger partial charge in [-0.15, -0.1) is 0 Å². The number of ether oxygens (including phenoxy) is 1. The number of carbonyl (C=O) groups excluding carboxylic acids is 2. The number of hydrogen-bond donors (Lipinski definition) is 2. The summed E-state index contributed by atoms with van der Waals surface area (Å²) < 4.78 is 7.13. The fourth-order valence-electron chi connectivity index (χ4n) is 3.20. The van der Waals surface area contributed by atoms with Crippen LogP contribution in [0.2, 0.25) is 0 Å². The number of para-hydroxylation sites is 1. The highest BCUT2D eigenvalue weighted by Gasteiger charge is 2.19. The van der Waals surface area contributed by atoms with Gasteiger partial charge in [0, 0.05) is 36.4 Å². The van der Waals surface area contributed by atoms with Crippen LogP contribution in [0, 0.1) is 0 Å². The number of amides is 2. The Hall–Kier alpha value is -4.46. The fourth-order valence-corrected chi connectivity index (χ4v) is 3.20. The van der Waals surface area contributed by atoms with Crippen molar-refractivity contribution in [2.24, 2.45) is 0 Å². The van der Waals surface area contributed by atoms with Crippen LogP contribution in [0.25, 0.3) is 16.9 Å². The molecule has 0 radical (unpaired) electrons. The van der Waals surface area contributed by atoms with E-state index in [1.165, 1.54) is 0 Å². The van der Waals surface area contributed by atoms with E-state index in [0.29, 0.717) is 29.2 Å². The van der Waals surface area contributed by atoms with Gasteiger partial charge in [-0.2, -0.15) is 5.10 Å². The van der Waals surface area contributed by atoms with Crippen molar-refractivity contribution in [3.05, 3.63) is 90.9 Å². The normalized spacial score (nSPS) is 10.5. The van der Waals surface area contributed by atoms with E-state index in [1.807, 2.05) is 43.3 Å². The SMILES string of the molecule is CCNC(=O)COc1ccc(NC(=O)c2cn(-c3ccccc3)nc2-c2cccnc2)cc1. The summed E-state index contributed by atoms with van der Waals surface area (Å²) in [7, 11) is 0. The molecule has 0 aliphatic carbocycles. The number of nitrogens with zero attached hydrogens (tertiary/aromatic N) is 3. The molecule has 33 heavy (non-hydrogen) atoms. The second kappa shape index (κ2) is 10.2. The average molecular weight is 441 g/mol. The van der Waals surface area contributed by atoms with Crippen LogP contribution in [0.1, 0.15) is 17.3 Å². The molecule has 166 valence electrons. The summed E-state index contributed by atoms with van der Waals surface area (Å²) >= 11 is 0. The minimum atomic E-state index is -0.299. The van der Waals surface area contributed by atoms with Crippen LogP contribution in [0.4, 0.5) is 5.69 Å². The molecule has 8 heteroatoms. The first kappa shape index (κ1) is 21.8. The van der Waals surface area contributed by atoms with Crippen molar-refractivity contribution in [2.45, 2.75) is 6.92 Å². The van der Waals surface area contributed by atoms with Crippen LogP contribution >= 0.6 is 0 Å². The zero-order valence-corrected chi connectivity index (χ0v) is 18.1. The van der Waals surface area contributed by atoms with Gasteiger partial charge >= 0.3 is 0 Å². The molecule has 2 aromatic heterocycles. The smallest absolute Gasteiger partial charge is 0.259 e. The quantitative estimate of drug-likeness (QED) is 0.434. The summed E-state index contributed by atoms with van der Waals surface area (Å²) in [5.74, 6) is 0.0486. The highest BCUT2D eigenvalue weighted by molar-refractivity contribution is 6.08. The molecular weight excluding hydrogens is 418 g/mol.